The molecular weight excluding hydrogens is 224 g/mol. The number of piperidine rings is 1. The second-order valence-corrected chi connectivity index (χ2v) is 6.46. The second-order valence-electron chi connectivity index (χ2n) is 6.46. The lowest BCUT2D eigenvalue weighted by Gasteiger charge is -2.22. The molecule has 4 nitrogen and oxygen atoms in total. The van der Waals surface area contributed by atoms with Gasteiger partial charge in [0.1, 0.15) is 5.82 Å². The molecule has 0 amide bonds. The zero-order chi connectivity index (χ0) is 13.2. The normalized spacial score (nSPS) is 18.2. The number of nitrogens with one attached hydrogen (secondary N) is 1. The molecule has 1 aliphatic rings. The van der Waals surface area contributed by atoms with Gasteiger partial charge in [0.2, 0.25) is 0 Å². The summed E-state index contributed by atoms with van der Waals surface area (Å²) in [5.41, 5.74) is 0.0464. The molecule has 2 heterocycles. The van der Waals surface area contributed by atoms with Gasteiger partial charge in [-0.3, -0.25) is 4.68 Å². The van der Waals surface area contributed by atoms with Gasteiger partial charge in [0.25, 0.3) is 0 Å². The van der Waals surface area contributed by atoms with E-state index in [2.05, 4.69) is 31.2 Å². The van der Waals surface area contributed by atoms with E-state index in [1.807, 2.05) is 11.7 Å². The number of hydrogen-bond acceptors (Lipinski definition) is 3. The standard InChI is InChI=1S/C14H26N4/c1-14(2,3)13-16-12(18(4)17-13)6-5-11-7-9-15-10-8-11/h11,15H,5-10H2,1-4H3. The predicted octanol–water partition coefficient (Wildman–Crippen LogP) is 2.04. The monoisotopic (exact) mass is 250 g/mol. The Kier molecular flexibility index (Phi) is 4.05. The summed E-state index contributed by atoms with van der Waals surface area (Å²) < 4.78 is 1.96. The Morgan fingerprint density at radius 2 is 1.94 bits per heavy atom. The van der Waals surface area contributed by atoms with Crippen molar-refractivity contribution in [1.29, 1.82) is 0 Å². The first-order valence-electron chi connectivity index (χ1n) is 7.08. The van der Waals surface area contributed by atoms with Gasteiger partial charge in [0.15, 0.2) is 5.82 Å². The number of nitrogens with zero attached hydrogens (tertiary/aromatic N) is 3. The van der Waals surface area contributed by atoms with Crippen LogP contribution in [0, 0.1) is 5.92 Å². The zero-order valence-electron chi connectivity index (χ0n) is 12.2. The minimum atomic E-state index is 0.0464. The van der Waals surface area contributed by atoms with Gasteiger partial charge in [-0.25, -0.2) is 4.98 Å². The van der Waals surface area contributed by atoms with E-state index >= 15 is 0 Å². The molecule has 0 atom stereocenters. The Morgan fingerprint density at radius 3 is 2.50 bits per heavy atom. The molecule has 4 heteroatoms. The Bertz CT molecular complexity index is 383. The van der Waals surface area contributed by atoms with Gasteiger partial charge < -0.3 is 5.32 Å². The largest absolute Gasteiger partial charge is 0.317 e. The number of rotatable bonds is 3. The summed E-state index contributed by atoms with van der Waals surface area (Å²) in [5, 5.41) is 7.95. The van der Waals surface area contributed by atoms with Gasteiger partial charge >= 0.3 is 0 Å². The minimum absolute atomic E-state index is 0.0464. The maximum atomic E-state index is 4.70. The Labute approximate surface area is 110 Å². The summed E-state index contributed by atoms with van der Waals surface area (Å²) in [4.78, 5) is 4.70. The molecule has 1 saturated heterocycles. The molecule has 1 N–H and O–H groups in total. The summed E-state index contributed by atoms with van der Waals surface area (Å²) >= 11 is 0. The molecule has 2 rings (SSSR count). The van der Waals surface area contributed by atoms with Crippen LogP contribution in [0.3, 0.4) is 0 Å². The fourth-order valence-corrected chi connectivity index (χ4v) is 2.46. The SMILES string of the molecule is Cn1nc(C(C)(C)C)nc1CCC1CCNCC1. The fraction of sp³-hybridized carbons (Fsp3) is 0.857. The molecule has 1 aliphatic heterocycles. The molecule has 1 aromatic rings. The Morgan fingerprint density at radius 1 is 1.28 bits per heavy atom. The van der Waals surface area contributed by atoms with Gasteiger partial charge in [-0.2, -0.15) is 5.10 Å². The molecule has 0 spiro atoms. The first kappa shape index (κ1) is 13.5. The molecule has 1 aromatic heterocycles. The smallest absolute Gasteiger partial charge is 0.156 e. The lowest BCUT2D eigenvalue weighted by molar-refractivity contribution is 0.351. The molecule has 1 fully saturated rings. The second kappa shape index (κ2) is 5.39. The molecule has 0 aliphatic carbocycles. The van der Waals surface area contributed by atoms with Gasteiger partial charge in [0, 0.05) is 18.9 Å². The van der Waals surface area contributed by atoms with Crippen molar-refractivity contribution in [3.05, 3.63) is 11.6 Å². The van der Waals surface area contributed by atoms with Crippen molar-refractivity contribution in [3.8, 4) is 0 Å². The van der Waals surface area contributed by atoms with Crippen LogP contribution in [0.1, 0.15) is 51.7 Å². The summed E-state index contributed by atoms with van der Waals surface area (Å²) in [6.45, 7) is 8.85. The number of aryl methyl sites for hydroxylation is 2. The minimum Gasteiger partial charge on any atom is -0.317 e. The molecule has 0 aromatic carbocycles. The number of aromatic nitrogens is 3. The Hall–Kier alpha value is -0.900. The topological polar surface area (TPSA) is 42.7 Å². The van der Waals surface area contributed by atoms with E-state index in [4.69, 9.17) is 4.98 Å². The Balaban J connectivity index is 1.94. The van der Waals surface area contributed by atoms with Crippen molar-refractivity contribution in [2.45, 2.75) is 51.9 Å². The van der Waals surface area contributed by atoms with Crippen molar-refractivity contribution in [2.24, 2.45) is 13.0 Å². The van der Waals surface area contributed by atoms with E-state index in [0.717, 1.165) is 24.0 Å². The van der Waals surface area contributed by atoms with Gasteiger partial charge in [-0.05, 0) is 38.3 Å². The lowest BCUT2D eigenvalue weighted by Crippen LogP contribution is -2.28. The molecule has 0 saturated carbocycles. The van der Waals surface area contributed by atoms with Crippen LogP contribution in [0.5, 0.6) is 0 Å². The summed E-state index contributed by atoms with van der Waals surface area (Å²) in [6.07, 6.45) is 4.93. The van der Waals surface area contributed by atoms with Crippen LogP contribution in [0.15, 0.2) is 0 Å². The maximum Gasteiger partial charge on any atom is 0.156 e. The van der Waals surface area contributed by atoms with Crippen LogP contribution in [0.25, 0.3) is 0 Å². The van der Waals surface area contributed by atoms with Crippen molar-refractivity contribution < 1.29 is 0 Å². The first-order chi connectivity index (χ1) is 8.47. The third-order valence-electron chi connectivity index (χ3n) is 3.76. The zero-order valence-corrected chi connectivity index (χ0v) is 12.2. The van der Waals surface area contributed by atoms with Crippen LogP contribution in [0.4, 0.5) is 0 Å². The maximum absolute atomic E-state index is 4.70. The lowest BCUT2D eigenvalue weighted by atomic mass is 9.93. The van der Waals surface area contributed by atoms with E-state index in [1.54, 1.807) is 0 Å². The van der Waals surface area contributed by atoms with Crippen molar-refractivity contribution in [2.75, 3.05) is 13.1 Å². The van der Waals surface area contributed by atoms with Crippen LogP contribution in [-0.4, -0.2) is 27.9 Å². The summed E-state index contributed by atoms with van der Waals surface area (Å²) in [7, 11) is 2.01. The molecule has 0 bridgehead atoms. The van der Waals surface area contributed by atoms with Crippen LogP contribution >= 0.6 is 0 Å². The fourth-order valence-electron chi connectivity index (χ4n) is 2.46. The van der Waals surface area contributed by atoms with Gasteiger partial charge in [-0.1, -0.05) is 20.8 Å². The van der Waals surface area contributed by atoms with E-state index in [9.17, 15) is 0 Å². The third kappa shape index (κ3) is 3.31. The average Bonchev–Trinajstić information content (AvgIpc) is 2.69. The average molecular weight is 250 g/mol. The summed E-state index contributed by atoms with van der Waals surface area (Å²) in [5.74, 6) is 2.96. The molecule has 102 valence electrons. The third-order valence-corrected chi connectivity index (χ3v) is 3.76. The van der Waals surface area contributed by atoms with E-state index in [-0.39, 0.29) is 5.41 Å². The highest BCUT2D eigenvalue weighted by Gasteiger charge is 2.21. The van der Waals surface area contributed by atoms with Crippen molar-refractivity contribution in [3.63, 3.8) is 0 Å². The summed E-state index contributed by atoms with van der Waals surface area (Å²) in [6, 6.07) is 0. The quantitative estimate of drug-likeness (QED) is 0.893. The van der Waals surface area contributed by atoms with Crippen LogP contribution in [0.2, 0.25) is 0 Å². The van der Waals surface area contributed by atoms with E-state index in [0.29, 0.717) is 0 Å². The molecule has 0 unspecified atom stereocenters. The van der Waals surface area contributed by atoms with Crippen molar-refractivity contribution >= 4 is 0 Å². The van der Waals surface area contributed by atoms with E-state index < -0.39 is 0 Å². The van der Waals surface area contributed by atoms with Gasteiger partial charge in [-0.15, -0.1) is 0 Å². The highest BCUT2D eigenvalue weighted by molar-refractivity contribution is 5.03. The highest BCUT2D eigenvalue weighted by atomic mass is 15.3. The van der Waals surface area contributed by atoms with E-state index in [1.165, 1.54) is 32.4 Å². The molecule has 18 heavy (non-hydrogen) atoms. The predicted molar refractivity (Wildman–Crippen MR) is 73.6 cm³/mol. The van der Waals surface area contributed by atoms with Crippen molar-refractivity contribution in [1.82, 2.24) is 20.1 Å². The number of hydrogen-bond donors (Lipinski definition) is 1. The molecule has 0 radical (unpaired) electrons. The van der Waals surface area contributed by atoms with Crippen LogP contribution < -0.4 is 5.32 Å². The van der Waals surface area contributed by atoms with Crippen LogP contribution in [-0.2, 0) is 18.9 Å². The first-order valence-corrected chi connectivity index (χ1v) is 7.08. The highest BCUT2D eigenvalue weighted by Crippen LogP contribution is 2.21. The van der Waals surface area contributed by atoms with Gasteiger partial charge in [0.05, 0.1) is 0 Å². The molecular formula is C14H26N4.